The van der Waals surface area contributed by atoms with Crippen molar-refractivity contribution in [2.24, 2.45) is 0 Å². The van der Waals surface area contributed by atoms with Crippen molar-refractivity contribution in [1.29, 1.82) is 0 Å². The summed E-state index contributed by atoms with van der Waals surface area (Å²) in [5, 5.41) is 3.60. The Hall–Kier alpha value is -1.03. The van der Waals surface area contributed by atoms with Crippen molar-refractivity contribution in [3.8, 4) is 0 Å². The van der Waals surface area contributed by atoms with E-state index in [0.29, 0.717) is 12.1 Å². The van der Waals surface area contributed by atoms with Gasteiger partial charge in [-0.15, -0.1) is 0 Å². The molecule has 4 heteroatoms. The summed E-state index contributed by atoms with van der Waals surface area (Å²) in [6.07, 6.45) is 8.53. The fraction of sp³-hybridized carbons (Fsp3) is 0.769. The first-order valence-corrected chi connectivity index (χ1v) is 6.72. The van der Waals surface area contributed by atoms with Crippen LogP contribution in [0, 0.1) is 6.92 Å². The second kappa shape index (κ2) is 4.69. The normalized spacial score (nSPS) is 25.6. The van der Waals surface area contributed by atoms with Crippen molar-refractivity contribution in [2.45, 2.75) is 51.1 Å². The van der Waals surface area contributed by atoms with Gasteiger partial charge in [0.1, 0.15) is 0 Å². The Morgan fingerprint density at radius 1 is 1.35 bits per heavy atom. The summed E-state index contributed by atoms with van der Waals surface area (Å²) >= 11 is 0. The predicted molar refractivity (Wildman–Crippen MR) is 67.3 cm³/mol. The molecule has 1 saturated heterocycles. The van der Waals surface area contributed by atoms with Crippen molar-refractivity contribution >= 4 is 5.95 Å². The van der Waals surface area contributed by atoms with Crippen LogP contribution < -0.4 is 5.32 Å². The van der Waals surface area contributed by atoms with E-state index in [0.717, 1.165) is 31.3 Å². The van der Waals surface area contributed by atoms with Gasteiger partial charge in [-0.05, 0) is 26.2 Å². The van der Waals surface area contributed by atoms with Crippen LogP contribution in [0.1, 0.15) is 43.8 Å². The van der Waals surface area contributed by atoms with Crippen LogP contribution >= 0.6 is 0 Å². The zero-order valence-electron chi connectivity index (χ0n) is 10.5. The van der Waals surface area contributed by atoms with Crippen molar-refractivity contribution < 1.29 is 4.74 Å². The number of nitrogens with one attached hydrogen (secondary N) is 1. The second-order valence-corrected chi connectivity index (χ2v) is 5.26. The van der Waals surface area contributed by atoms with E-state index in [1.54, 1.807) is 0 Å². The Labute approximate surface area is 102 Å². The largest absolute Gasteiger partial charge is 0.379 e. The average Bonchev–Trinajstić information content (AvgIpc) is 3.00. The molecular weight excluding hydrogens is 214 g/mol. The van der Waals surface area contributed by atoms with Gasteiger partial charge in [-0.1, -0.05) is 12.8 Å². The third-order valence-electron chi connectivity index (χ3n) is 3.84. The fourth-order valence-corrected chi connectivity index (χ4v) is 2.90. The molecule has 0 radical (unpaired) electrons. The Morgan fingerprint density at radius 2 is 2.18 bits per heavy atom. The smallest absolute Gasteiger partial charge is 0.203 e. The molecule has 0 aromatic carbocycles. The fourth-order valence-electron chi connectivity index (χ4n) is 2.90. The van der Waals surface area contributed by atoms with Crippen LogP contribution in [0.4, 0.5) is 5.95 Å². The molecule has 1 saturated carbocycles. The Kier molecular flexibility index (Phi) is 3.05. The molecule has 3 rings (SSSR count). The van der Waals surface area contributed by atoms with Crippen LogP contribution in [0.3, 0.4) is 0 Å². The molecule has 2 aliphatic rings. The van der Waals surface area contributed by atoms with E-state index in [-0.39, 0.29) is 0 Å². The summed E-state index contributed by atoms with van der Waals surface area (Å²) in [6, 6.07) is 1.10. The molecule has 1 atom stereocenters. The summed E-state index contributed by atoms with van der Waals surface area (Å²) in [5.74, 6) is 1.05. The summed E-state index contributed by atoms with van der Waals surface area (Å²) in [4.78, 5) is 4.62. The van der Waals surface area contributed by atoms with Gasteiger partial charge < -0.3 is 14.6 Å². The van der Waals surface area contributed by atoms with E-state index in [4.69, 9.17) is 4.74 Å². The number of rotatable bonds is 3. The molecule has 1 aromatic heterocycles. The van der Waals surface area contributed by atoms with Gasteiger partial charge in [-0.2, -0.15) is 0 Å². The number of aromatic nitrogens is 2. The Bertz CT molecular complexity index is 376. The highest BCUT2D eigenvalue weighted by Crippen LogP contribution is 2.27. The number of hydrogen-bond donors (Lipinski definition) is 1. The van der Waals surface area contributed by atoms with Gasteiger partial charge in [0.25, 0.3) is 0 Å². The third-order valence-corrected chi connectivity index (χ3v) is 3.84. The summed E-state index contributed by atoms with van der Waals surface area (Å²) in [5.41, 5.74) is 1.09. The average molecular weight is 235 g/mol. The number of aryl methyl sites for hydroxylation is 1. The van der Waals surface area contributed by atoms with Crippen molar-refractivity contribution in [2.75, 3.05) is 18.5 Å². The molecule has 4 nitrogen and oxygen atoms in total. The van der Waals surface area contributed by atoms with E-state index in [1.807, 2.05) is 0 Å². The van der Waals surface area contributed by atoms with Gasteiger partial charge in [0.15, 0.2) is 0 Å². The highest BCUT2D eigenvalue weighted by atomic mass is 16.5. The standard InChI is InChI=1S/C13H21N3O/c1-10-8-16(12-6-7-17-9-12)13(14-10)15-11-4-2-3-5-11/h8,11-12H,2-7,9H2,1H3,(H,14,15). The van der Waals surface area contributed by atoms with Crippen molar-refractivity contribution in [3.63, 3.8) is 0 Å². The lowest BCUT2D eigenvalue weighted by atomic mass is 10.2. The third kappa shape index (κ3) is 2.32. The van der Waals surface area contributed by atoms with Crippen molar-refractivity contribution in [1.82, 2.24) is 9.55 Å². The highest BCUT2D eigenvalue weighted by Gasteiger charge is 2.23. The van der Waals surface area contributed by atoms with Gasteiger partial charge in [0, 0.05) is 18.8 Å². The molecule has 17 heavy (non-hydrogen) atoms. The van der Waals surface area contributed by atoms with E-state index < -0.39 is 0 Å². The Balaban J connectivity index is 1.77. The van der Waals surface area contributed by atoms with Gasteiger partial charge in [0.2, 0.25) is 5.95 Å². The minimum absolute atomic E-state index is 0.472. The maximum atomic E-state index is 5.47. The number of hydrogen-bond acceptors (Lipinski definition) is 3. The molecule has 0 amide bonds. The monoisotopic (exact) mass is 235 g/mol. The van der Waals surface area contributed by atoms with Crippen LogP contribution in [-0.4, -0.2) is 28.8 Å². The van der Waals surface area contributed by atoms with E-state index in [1.165, 1.54) is 25.7 Å². The van der Waals surface area contributed by atoms with Gasteiger partial charge in [-0.25, -0.2) is 4.98 Å². The van der Waals surface area contributed by atoms with Crippen LogP contribution in [0.25, 0.3) is 0 Å². The summed E-state index contributed by atoms with van der Waals surface area (Å²) in [7, 11) is 0. The van der Waals surface area contributed by atoms with E-state index in [2.05, 4.69) is 28.0 Å². The van der Waals surface area contributed by atoms with Crippen LogP contribution in [0.5, 0.6) is 0 Å². The van der Waals surface area contributed by atoms with Crippen LogP contribution in [-0.2, 0) is 4.74 Å². The topological polar surface area (TPSA) is 39.1 Å². The number of ether oxygens (including phenoxy) is 1. The molecule has 1 aliphatic carbocycles. The highest BCUT2D eigenvalue weighted by molar-refractivity contribution is 5.31. The van der Waals surface area contributed by atoms with Crippen molar-refractivity contribution in [3.05, 3.63) is 11.9 Å². The molecule has 1 unspecified atom stereocenters. The van der Waals surface area contributed by atoms with Gasteiger partial charge in [0.05, 0.1) is 18.3 Å². The lowest BCUT2D eigenvalue weighted by Crippen LogP contribution is -2.20. The lowest BCUT2D eigenvalue weighted by Gasteiger charge is -2.17. The Morgan fingerprint density at radius 3 is 2.88 bits per heavy atom. The number of nitrogens with zero attached hydrogens (tertiary/aromatic N) is 2. The molecule has 1 aromatic rings. The van der Waals surface area contributed by atoms with Crippen LogP contribution in [0.15, 0.2) is 6.20 Å². The van der Waals surface area contributed by atoms with Crippen LogP contribution in [0.2, 0.25) is 0 Å². The summed E-state index contributed by atoms with van der Waals surface area (Å²) < 4.78 is 7.75. The minimum atomic E-state index is 0.472. The van der Waals surface area contributed by atoms with Gasteiger partial charge in [-0.3, -0.25) is 0 Å². The molecular formula is C13H21N3O. The van der Waals surface area contributed by atoms with Gasteiger partial charge >= 0.3 is 0 Å². The molecule has 2 fully saturated rings. The maximum Gasteiger partial charge on any atom is 0.203 e. The molecule has 2 heterocycles. The minimum Gasteiger partial charge on any atom is -0.379 e. The SMILES string of the molecule is Cc1cn(C2CCOC2)c(NC2CCCC2)n1. The number of imidazole rings is 1. The second-order valence-electron chi connectivity index (χ2n) is 5.26. The molecule has 0 bridgehead atoms. The lowest BCUT2D eigenvalue weighted by molar-refractivity contribution is 0.187. The molecule has 1 aliphatic heterocycles. The first-order chi connectivity index (χ1) is 8.33. The van der Waals surface area contributed by atoms with E-state index >= 15 is 0 Å². The first kappa shape index (κ1) is 11.1. The number of anilines is 1. The molecule has 0 spiro atoms. The first-order valence-electron chi connectivity index (χ1n) is 6.72. The zero-order valence-corrected chi connectivity index (χ0v) is 10.5. The quantitative estimate of drug-likeness (QED) is 0.875. The van der Waals surface area contributed by atoms with E-state index in [9.17, 15) is 0 Å². The summed E-state index contributed by atoms with van der Waals surface area (Å²) in [6.45, 7) is 3.77. The maximum absolute atomic E-state index is 5.47. The molecule has 1 N–H and O–H groups in total. The zero-order chi connectivity index (χ0) is 11.7. The predicted octanol–water partition coefficient (Wildman–Crippen LogP) is 2.51. The molecule has 94 valence electrons.